The van der Waals surface area contributed by atoms with E-state index in [9.17, 15) is 14.5 Å². The van der Waals surface area contributed by atoms with Crippen molar-refractivity contribution in [3.63, 3.8) is 0 Å². The van der Waals surface area contributed by atoms with E-state index in [1.165, 1.54) is 12.1 Å². The Morgan fingerprint density at radius 2 is 1.83 bits per heavy atom. The first kappa shape index (κ1) is 11.9. The van der Waals surface area contributed by atoms with E-state index in [0.29, 0.717) is 12.5 Å². The van der Waals surface area contributed by atoms with Crippen LogP contribution < -0.4 is 5.32 Å². The predicted octanol–water partition coefficient (Wildman–Crippen LogP) is 2.14. The minimum Gasteiger partial charge on any atom is -0.350 e. The molecule has 7 heteroatoms. The number of hydrogen-bond donors (Lipinski definition) is 1. The summed E-state index contributed by atoms with van der Waals surface area (Å²) in [5.74, 6) is -0.203. The Balaban J connectivity index is 1.97. The molecule has 0 aliphatic heterocycles. The molecule has 0 saturated heterocycles. The highest BCUT2D eigenvalue weighted by molar-refractivity contribution is 5.34. The molecule has 0 unspecified atom stereocenters. The fourth-order valence-electron chi connectivity index (χ4n) is 1.32. The van der Waals surface area contributed by atoms with Crippen LogP contribution in [0.15, 0.2) is 36.7 Å². The van der Waals surface area contributed by atoms with Gasteiger partial charge in [0.25, 0.3) is 5.69 Å². The summed E-state index contributed by atoms with van der Waals surface area (Å²) in [6.07, 6.45) is 2.12. The second-order valence-corrected chi connectivity index (χ2v) is 3.50. The van der Waals surface area contributed by atoms with E-state index in [1.54, 1.807) is 12.1 Å². The van der Waals surface area contributed by atoms with Gasteiger partial charge in [-0.05, 0) is 5.56 Å². The van der Waals surface area contributed by atoms with Gasteiger partial charge in [0.05, 0.1) is 17.3 Å². The van der Waals surface area contributed by atoms with E-state index in [-0.39, 0.29) is 5.69 Å². The Labute approximate surface area is 102 Å². The summed E-state index contributed by atoms with van der Waals surface area (Å²) in [5.41, 5.74) is 0.880. The molecule has 0 bridgehead atoms. The van der Waals surface area contributed by atoms with Crippen LogP contribution in [0.25, 0.3) is 0 Å². The first-order valence-corrected chi connectivity index (χ1v) is 5.10. The molecule has 1 aromatic carbocycles. The molecule has 6 nitrogen and oxygen atoms in total. The summed E-state index contributed by atoms with van der Waals surface area (Å²) >= 11 is 0. The molecule has 0 aliphatic rings. The average Bonchev–Trinajstić information content (AvgIpc) is 2.38. The normalized spacial score (nSPS) is 10.1. The number of rotatable bonds is 4. The van der Waals surface area contributed by atoms with E-state index >= 15 is 0 Å². The van der Waals surface area contributed by atoms with Crippen LogP contribution in [-0.4, -0.2) is 14.9 Å². The number of anilines is 1. The summed E-state index contributed by atoms with van der Waals surface area (Å²) in [6.45, 7) is 0.406. The van der Waals surface area contributed by atoms with Crippen LogP contribution in [-0.2, 0) is 6.54 Å². The van der Waals surface area contributed by atoms with Crippen molar-refractivity contribution < 1.29 is 9.31 Å². The zero-order valence-corrected chi connectivity index (χ0v) is 9.21. The third-order valence-electron chi connectivity index (χ3n) is 2.22. The molecular formula is C11H9FN4O2. The molecule has 0 saturated carbocycles. The molecular weight excluding hydrogens is 239 g/mol. The maximum absolute atomic E-state index is 12.6. The van der Waals surface area contributed by atoms with E-state index in [0.717, 1.165) is 18.0 Å². The lowest BCUT2D eigenvalue weighted by Gasteiger charge is -2.03. The third kappa shape index (κ3) is 2.97. The summed E-state index contributed by atoms with van der Waals surface area (Å²) < 4.78 is 12.6. The molecule has 1 N–H and O–H groups in total. The quantitative estimate of drug-likeness (QED) is 0.662. The highest BCUT2D eigenvalue weighted by Crippen LogP contribution is 2.12. The number of nitrogens with zero attached hydrogens (tertiary/aromatic N) is 3. The largest absolute Gasteiger partial charge is 0.350 e. The molecule has 0 atom stereocenters. The molecule has 2 rings (SSSR count). The first-order chi connectivity index (χ1) is 8.65. The smallest absolute Gasteiger partial charge is 0.269 e. The van der Waals surface area contributed by atoms with E-state index in [4.69, 9.17) is 0 Å². The summed E-state index contributed by atoms with van der Waals surface area (Å²) in [5, 5.41) is 13.3. The summed E-state index contributed by atoms with van der Waals surface area (Å²) in [6, 6.07) is 6.11. The molecule has 0 spiro atoms. The lowest BCUT2D eigenvalue weighted by Crippen LogP contribution is -2.03. The maximum atomic E-state index is 12.6. The van der Waals surface area contributed by atoms with Gasteiger partial charge >= 0.3 is 0 Å². The van der Waals surface area contributed by atoms with Crippen LogP contribution in [0.2, 0.25) is 0 Å². The number of non-ortho nitro benzene ring substituents is 1. The van der Waals surface area contributed by atoms with Gasteiger partial charge in [-0.1, -0.05) is 12.1 Å². The van der Waals surface area contributed by atoms with Crippen molar-refractivity contribution in [1.29, 1.82) is 0 Å². The topological polar surface area (TPSA) is 81.0 Å². The highest BCUT2D eigenvalue weighted by Gasteiger charge is 2.04. The van der Waals surface area contributed by atoms with Crippen molar-refractivity contribution in [2.24, 2.45) is 0 Å². The molecule has 0 radical (unpaired) electrons. The van der Waals surface area contributed by atoms with Crippen molar-refractivity contribution in [3.05, 3.63) is 58.2 Å². The average molecular weight is 248 g/mol. The standard InChI is InChI=1S/C11H9FN4O2/c12-9-6-14-11(15-7-9)13-5-8-1-3-10(4-2-8)16(17)18/h1-4,6-7H,5H2,(H,13,14,15). The number of aromatic nitrogens is 2. The van der Waals surface area contributed by atoms with Crippen molar-refractivity contribution in [2.45, 2.75) is 6.54 Å². The SMILES string of the molecule is O=[N+]([O-])c1ccc(CNc2ncc(F)cn2)cc1. The third-order valence-corrected chi connectivity index (χ3v) is 2.22. The number of benzene rings is 1. The van der Waals surface area contributed by atoms with Crippen molar-refractivity contribution in [3.8, 4) is 0 Å². The minimum absolute atomic E-state index is 0.0387. The van der Waals surface area contributed by atoms with Crippen molar-refractivity contribution in [2.75, 3.05) is 5.32 Å². The number of hydrogen-bond acceptors (Lipinski definition) is 5. The van der Waals surface area contributed by atoms with Gasteiger partial charge in [0, 0.05) is 18.7 Å². The van der Waals surface area contributed by atoms with Gasteiger partial charge in [0.1, 0.15) is 0 Å². The van der Waals surface area contributed by atoms with E-state index in [2.05, 4.69) is 15.3 Å². The lowest BCUT2D eigenvalue weighted by atomic mass is 10.2. The second kappa shape index (κ2) is 5.17. The van der Waals surface area contributed by atoms with Gasteiger partial charge in [0.2, 0.25) is 5.95 Å². The molecule has 1 heterocycles. The molecule has 0 aliphatic carbocycles. The molecule has 0 amide bonds. The van der Waals surface area contributed by atoms with Crippen LogP contribution in [0.3, 0.4) is 0 Å². The van der Waals surface area contributed by atoms with Crippen LogP contribution in [0, 0.1) is 15.9 Å². The molecule has 18 heavy (non-hydrogen) atoms. The number of halogens is 1. The van der Waals surface area contributed by atoms with Crippen molar-refractivity contribution in [1.82, 2.24) is 9.97 Å². The number of nitro groups is 1. The Kier molecular flexibility index (Phi) is 3.42. The van der Waals surface area contributed by atoms with Gasteiger partial charge in [-0.3, -0.25) is 10.1 Å². The lowest BCUT2D eigenvalue weighted by molar-refractivity contribution is -0.384. The summed E-state index contributed by atoms with van der Waals surface area (Å²) in [7, 11) is 0. The summed E-state index contributed by atoms with van der Waals surface area (Å²) in [4.78, 5) is 17.5. The van der Waals surface area contributed by atoms with E-state index in [1.807, 2.05) is 0 Å². The Morgan fingerprint density at radius 3 is 2.39 bits per heavy atom. The zero-order chi connectivity index (χ0) is 13.0. The monoisotopic (exact) mass is 248 g/mol. The van der Waals surface area contributed by atoms with Crippen LogP contribution >= 0.6 is 0 Å². The van der Waals surface area contributed by atoms with Crippen molar-refractivity contribution >= 4 is 11.6 Å². The van der Waals surface area contributed by atoms with Gasteiger partial charge in [-0.2, -0.15) is 0 Å². The second-order valence-electron chi connectivity index (χ2n) is 3.50. The minimum atomic E-state index is -0.504. The first-order valence-electron chi connectivity index (χ1n) is 5.10. The fraction of sp³-hybridized carbons (Fsp3) is 0.0909. The number of nitro benzene ring substituents is 1. The van der Waals surface area contributed by atoms with Gasteiger partial charge < -0.3 is 5.32 Å². The van der Waals surface area contributed by atoms with Crippen LogP contribution in [0.4, 0.5) is 16.0 Å². The molecule has 2 aromatic rings. The zero-order valence-electron chi connectivity index (χ0n) is 9.21. The Morgan fingerprint density at radius 1 is 1.22 bits per heavy atom. The predicted molar refractivity (Wildman–Crippen MR) is 62.4 cm³/mol. The highest BCUT2D eigenvalue weighted by atomic mass is 19.1. The van der Waals surface area contributed by atoms with Crippen LogP contribution in [0.1, 0.15) is 5.56 Å². The fourth-order valence-corrected chi connectivity index (χ4v) is 1.32. The Bertz CT molecular complexity index is 542. The van der Waals surface area contributed by atoms with Crippen LogP contribution in [0.5, 0.6) is 0 Å². The van der Waals surface area contributed by atoms with Gasteiger partial charge in [0.15, 0.2) is 5.82 Å². The van der Waals surface area contributed by atoms with E-state index < -0.39 is 10.7 Å². The van der Waals surface area contributed by atoms with Gasteiger partial charge in [-0.25, -0.2) is 14.4 Å². The molecule has 0 fully saturated rings. The molecule has 1 aromatic heterocycles. The van der Waals surface area contributed by atoms with Gasteiger partial charge in [-0.15, -0.1) is 0 Å². The maximum Gasteiger partial charge on any atom is 0.269 e. The molecule has 92 valence electrons. The Hall–Kier alpha value is -2.57. The number of nitrogens with one attached hydrogen (secondary N) is 1.